The first-order valence-electron chi connectivity index (χ1n) is 8.42. The molecule has 0 aromatic heterocycles. The van der Waals surface area contributed by atoms with Crippen molar-refractivity contribution >= 4 is 28.4 Å². The second kappa shape index (κ2) is 8.21. The zero-order chi connectivity index (χ0) is 18.4. The number of ether oxygens (including phenoxy) is 2. The number of nitrogens with one attached hydrogen (secondary N) is 1. The van der Waals surface area contributed by atoms with Gasteiger partial charge in [-0.05, 0) is 47.5 Å². The van der Waals surface area contributed by atoms with Crippen LogP contribution in [0.5, 0.6) is 11.5 Å². The van der Waals surface area contributed by atoms with Crippen molar-refractivity contribution in [3.8, 4) is 11.5 Å². The van der Waals surface area contributed by atoms with Crippen LogP contribution in [0.15, 0.2) is 66.7 Å². The maximum Gasteiger partial charge on any atom is 0.262 e. The van der Waals surface area contributed by atoms with E-state index < -0.39 is 0 Å². The van der Waals surface area contributed by atoms with Gasteiger partial charge in [-0.3, -0.25) is 4.79 Å². The van der Waals surface area contributed by atoms with Crippen LogP contribution in [0, 0.1) is 0 Å². The Morgan fingerprint density at radius 1 is 1.00 bits per heavy atom. The zero-order valence-corrected chi connectivity index (χ0v) is 14.9. The highest BCUT2D eigenvalue weighted by Gasteiger charge is 2.09. The van der Waals surface area contributed by atoms with Gasteiger partial charge in [0.25, 0.3) is 5.91 Å². The molecule has 0 saturated carbocycles. The number of anilines is 1. The second-order valence-electron chi connectivity index (χ2n) is 5.81. The third-order valence-electron chi connectivity index (χ3n) is 3.94. The van der Waals surface area contributed by atoms with E-state index in [0.717, 1.165) is 22.0 Å². The van der Waals surface area contributed by atoms with Crippen LogP contribution in [-0.4, -0.2) is 19.6 Å². The molecule has 0 unspecified atom stereocenters. The summed E-state index contributed by atoms with van der Waals surface area (Å²) in [6.07, 6.45) is 3.92. The van der Waals surface area contributed by atoms with Gasteiger partial charge in [-0.2, -0.15) is 0 Å². The van der Waals surface area contributed by atoms with Gasteiger partial charge in [0.2, 0.25) is 0 Å². The Morgan fingerprint density at radius 2 is 1.81 bits per heavy atom. The fourth-order valence-corrected chi connectivity index (χ4v) is 2.71. The third-order valence-corrected chi connectivity index (χ3v) is 3.94. The quantitative estimate of drug-likeness (QED) is 0.690. The van der Waals surface area contributed by atoms with E-state index in [1.807, 2.05) is 73.7 Å². The van der Waals surface area contributed by atoms with E-state index >= 15 is 0 Å². The van der Waals surface area contributed by atoms with Gasteiger partial charge in [0.1, 0.15) is 0 Å². The van der Waals surface area contributed by atoms with Gasteiger partial charge in [0.15, 0.2) is 18.1 Å². The normalized spacial score (nSPS) is 10.8. The summed E-state index contributed by atoms with van der Waals surface area (Å²) in [6, 6.07) is 19.4. The fourth-order valence-electron chi connectivity index (χ4n) is 2.71. The van der Waals surface area contributed by atoms with Crippen LogP contribution >= 0.6 is 0 Å². The molecule has 3 aromatic carbocycles. The number of rotatable bonds is 6. The maximum atomic E-state index is 12.2. The van der Waals surface area contributed by atoms with Crippen LogP contribution in [0.25, 0.3) is 16.8 Å². The molecule has 0 aliphatic rings. The Balaban J connectivity index is 1.64. The average molecular weight is 347 g/mol. The molecule has 0 radical (unpaired) electrons. The van der Waals surface area contributed by atoms with E-state index in [4.69, 9.17) is 9.47 Å². The van der Waals surface area contributed by atoms with Crippen LogP contribution in [0.4, 0.5) is 5.69 Å². The summed E-state index contributed by atoms with van der Waals surface area (Å²) in [5, 5.41) is 5.07. The van der Waals surface area contributed by atoms with E-state index in [9.17, 15) is 4.79 Å². The Kier molecular flexibility index (Phi) is 5.54. The largest absolute Gasteiger partial charge is 0.493 e. The highest BCUT2D eigenvalue weighted by molar-refractivity contribution is 5.95. The zero-order valence-electron chi connectivity index (χ0n) is 14.9. The molecule has 3 aromatic rings. The van der Waals surface area contributed by atoms with Crippen LogP contribution in [0.3, 0.4) is 0 Å². The Hall–Kier alpha value is -3.27. The van der Waals surface area contributed by atoms with Crippen molar-refractivity contribution in [2.45, 2.75) is 6.92 Å². The number of amides is 1. The Bertz CT molecular complexity index is 947. The number of carbonyl (C=O) groups is 1. The van der Waals surface area contributed by atoms with Crippen molar-refractivity contribution in [1.29, 1.82) is 0 Å². The van der Waals surface area contributed by atoms with Crippen molar-refractivity contribution in [2.24, 2.45) is 0 Å². The predicted molar refractivity (Wildman–Crippen MR) is 106 cm³/mol. The fraction of sp³-hybridized carbons (Fsp3) is 0.136. The molecule has 0 aliphatic heterocycles. The number of benzene rings is 3. The highest BCUT2D eigenvalue weighted by Crippen LogP contribution is 2.28. The minimum absolute atomic E-state index is 0.0911. The first-order valence-corrected chi connectivity index (χ1v) is 8.42. The number of allylic oxidation sites excluding steroid dienone is 1. The van der Waals surface area contributed by atoms with Gasteiger partial charge in [0.05, 0.1) is 7.11 Å². The Morgan fingerprint density at radius 3 is 2.58 bits per heavy atom. The predicted octanol–water partition coefficient (Wildman–Crippen LogP) is 4.90. The van der Waals surface area contributed by atoms with E-state index in [0.29, 0.717) is 11.5 Å². The lowest BCUT2D eigenvalue weighted by Gasteiger charge is -2.12. The van der Waals surface area contributed by atoms with Crippen molar-refractivity contribution in [3.05, 3.63) is 72.3 Å². The number of methoxy groups -OCH3 is 1. The van der Waals surface area contributed by atoms with Crippen LogP contribution < -0.4 is 14.8 Å². The van der Waals surface area contributed by atoms with E-state index in [2.05, 4.69) is 5.32 Å². The summed E-state index contributed by atoms with van der Waals surface area (Å²) in [6.45, 7) is 1.86. The molecule has 0 fully saturated rings. The molecule has 4 heteroatoms. The first kappa shape index (κ1) is 17.5. The van der Waals surface area contributed by atoms with Gasteiger partial charge in [-0.15, -0.1) is 0 Å². The van der Waals surface area contributed by atoms with E-state index in [1.54, 1.807) is 13.2 Å². The van der Waals surface area contributed by atoms with Crippen LogP contribution in [0.1, 0.15) is 12.5 Å². The number of carbonyl (C=O) groups excluding carboxylic acids is 1. The number of hydrogen-bond donors (Lipinski definition) is 1. The molecule has 0 atom stereocenters. The van der Waals surface area contributed by atoms with Gasteiger partial charge in [-0.25, -0.2) is 0 Å². The smallest absolute Gasteiger partial charge is 0.262 e. The van der Waals surface area contributed by atoms with Crippen molar-refractivity contribution in [1.82, 2.24) is 0 Å². The van der Waals surface area contributed by atoms with Crippen LogP contribution in [0.2, 0.25) is 0 Å². The SMILES string of the molecule is C/C=C/c1ccc(OCC(=O)Nc2ccc3ccccc3c2)c(OC)c1. The number of fused-ring (bicyclic) bond motifs is 1. The molecule has 0 heterocycles. The lowest BCUT2D eigenvalue weighted by molar-refractivity contribution is -0.118. The highest BCUT2D eigenvalue weighted by atomic mass is 16.5. The molecule has 1 amide bonds. The van der Waals surface area contributed by atoms with Crippen LogP contribution in [-0.2, 0) is 4.79 Å². The summed E-state index contributed by atoms with van der Waals surface area (Å²) < 4.78 is 11.0. The van der Waals surface area contributed by atoms with Gasteiger partial charge < -0.3 is 14.8 Å². The van der Waals surface area contributed by atoms with Crippen molar-refractivity contribution in [2.75, 3.05) is 19.0 Å². The van der Waals surface area contributed by atoms with Gasteiger partial charge in [0, 0.05) is 5.69 Å². The van der Waals surface area contributed by atoms with Gasteiger partial charge in [-0.1, -0.05) is 48.6 Å². The molecule has 3 rings (SSSR count). The second-order valence-corrected chi connectivity index (χ2v) is 5.81. The molecule has 0 bridgehead atoms. The lowest BCUT2D eigenvalue weighted by atomic mass is 10.1. The topological polar surface area (TPSA) is 47.6 Å². The summed E-state index contributed by atoms with van der Waals surface area (Å²) in [4.78, 5) is 12.2. The average Bonchev–Trinajstić information content (AvgIpc) is 2.67. The summed E-state index contributed by atoms with van der Waals surface area (Å²) in [5.41, 5.74) is 1.75. The lowest BCUT2D eigenvalue weighted by Crippen LogP contribution is -2.20. The molecule has 132 valence electrons. The summed E-state index contributed by atoms with van der Waals surface area (Å²) >= 11 is 0. The number of hydrogen-bond acceptors (Lipinski definition) is 3. The van der Waals surface area contributed by atoms with E-state index in [1.165, 1.54) is 0 Å². The molecule has 0 spiro atoms. The monoisotopic (exact) mass is 347 g/mol. The molecule has 0 aliphatic carbocycles. The standard InChI is InChI=1S/C22H21NO3/c1-3-6-16-9-12-20(21(13-16)25-2)26-15-22(24)23-19-11-10-17-7-4-5-8-18(17)14-19/h3-14H,15H2,1-2H3,(H,23,24)/b6-3+. The Labute approximate surface area is 153 Å². The minimum Gasteiger partial charge on any atom is -0.493 e. The molecular formula is C22H21NO3. The molecule has 1 N–H and O–H groups in total. The molecule has 26 heavy (non-hydrogen) atoms. The molecule has 4 nitrogen and oxygen atoms in total. The van der Waals surface area contributed by atoms with Crippen molar-refractivity contribution in [3.63, 3.8) is 0 Å². The first-order chi connectivity index (χ1) is 12.7. The molecule has 0 saturated heterocycles. The van der Waals surface area contributed by atoms with E-state index in [-0.39, 0.29) is 12.5 Å². The third kappa shape index (κ3) is 4.22. The summed E-state index contributed by atoms with van der Waals surface area (Å²) in [5.74, 6) is 0.911. The van der Waals surface area contributed by atoms with Gasteiger partial charge >= 0.3 is 0 Å². The minimum atomic E-state index is -0.222. The maximum absolute atomic E-state index is 12.2. The van der Waals surface area contributed by atoms with Crippen molar-refractivity contribution < 1.29 is 14.3 Å². The molecular weight excluding hydrogens is 326 g/mol. The summed E-state index contributed by atoms with van der Waals surface area (Å²) in [7, 11) is 1.58.